The normalized spacial score (nSPS) is 28.5. The van der Waals surface area contributed by atoms with Crippen LogP contribution in [-0.4, -0.2) is 32.2 Å². The van der Waals surface area contributed by atoms with Crippen molar-refractivity contribution in [2.75, 3.05) is 26.4 Å². The van der Waals surface area contributed by atoms with Crippen molar-refractivity contribution in [2.24, 2.45) is 11.8 Å². The Bertz CT molecular complexity index is 175. The van der Waals surface area contributed by atoms with Crippen molar-refractivity contribution in [1.29, 1.82) is 0 Å². The van der Waals surface area contributed by atoms with E-state index in [1.807, 2.05) is 0 Å². The largest absolute Gasteiger partial charge is 0.381 e. The summed E-state index contributed by atoms with van der Waals surface area (Å²) in [6.45, 7) is 7.67. The van der Waals surface area contributed by atoms with Gasteiger partial charge in [0, 0.05) is 18.8 Å². The molecule has 0 aromatic heterocycles. The van der Waals surface area contributed by atoms with Crippen molar-refractivity contribution in [2.45, 2.75) is 32.5 Å². The molecule has 0 atom stereocenters. The van der Waals surface area contributed by atoms with Gasteiger partial charge in [0.1, 0.15) is 0 Å². The van der Waals surface area contributed by atoms with Gasteiger partial charge in [0.15, 0.2) is 5.79 Å². The summed E-state index contributed by atoms with van der Waals surface area (Å²) in [5, 5.41) is 0. The first kappa shape index (κ1) is 10.4. The van der Waals surface area contributed by atoms with E-state index in [1.54, 1.807) is 0 Å². The zero-order valence-corrected chi connectivity index (χ0v) is 9.12. The SMILES string of the molecule is CC(C)C1COC2(CCOCC2)OC1. The Labute approximate surface area is 85.7 Å². The molecule has 0 radical (unpaired) electrons. The van der Waals surface area contributed by atoms with Crippen LogP contribution in [0, 0.1) is 11.8 Å². The highest BCUT2D eigenvalue weighted by atomic mass is 16.7. The maximum Gasteiger partial charge on any atom is 0.172 e. The topological polar surface area (TPSA) is 27.7 Å². The standard InChI is InChI=1S/C11H20O3/c1-9(2)10-7-13-11(14-8-10)3-5-12-6-4-11/h9-10H,3-8H2,1-2H3. The average molecular weight is 200 g/mol. The van der Waals surface area contributed by atoms with Crippen LogP contribution in [0.2, 0.25) is 0 Å². The molecule has 2 rings (SSSR count). The van der Waals surface area contributed by atoms with Crippen molar-refractivity contribution in [3.8, 4) is 0 Å². The van der Waals surface area contributed by atoms with Crippen LogP contribution in [0.3, 0.4) is 0 Å². The first-order valence-electron chi connectivity index (χ1n) is 5.57. The lowest BCUT2D eigenvalue weighted by Crippen LogP contribution is -2.48. The third kappa shape index (κ3) is 2.10. The van der Waals surface area contributed by atoms with Gasteiger partial charge in [-0.1, -0.05) is 13.8 Å². The lowest BCUT2D eigenvalue weighted by molar-refractivity contribution is -0.310. The molecule has 0 amide bonds. The molecule has 82 valence electrons. The minimum Gasteiger partial charge on any atom is -0.381 e. The van der Waals surface area contributed by atoms with Crippen LogP contribution in [0.4, 0.5) is 0 Å². The van der Waals surface area contributed by atoms with Gasteiger partial charge in [0.05, 0.1) is 26.4 Å². The molecule has 2 fully saturated rings. The smallest absolute Gasteiger partial charge is 0.172 e. The first-order valence-corrected chi connectivity index (χ1v) is 5.57. The molecule has 0 N–H and O–H groups in total. The van der Waals surface area contributed by atoms with Gasteiger partial charge in [0.25, 0.3) is 0 Å². The molecule has 3 heteroatoms. The van der Waals surface area contributed by atoms with Crippen LogP contribution in [0.25, 0.3) is 0 Å². The van der Waals surface area contributed by atoms with Gasteiger partial charge in [0.2, 0.25) is 0 Å². The van der Waals surface area contributed by atoms with E-state index in [4.69, 9.17) is 14.2 Å². The molecule has 2 aliphatic rings. The Morgan fingerprint density at radius 2 is 1.64 bits per heavy atom. The van der Waals surface area contributed by atoms with E-state index in [1.165, 1.54) is 0 Å². The second-order valence-electron chi connectivity index (χ2n) is 4.65. The lowest BCUT2D eigenvalue weighted by atomic mass is 9.95. The highest BCUT2D eigenvalue weighted by Gasteiger charge is 2.39. The Morgan fingerprint density at radius 3 is 2.14 bits per heavy atom. The number of rotatable bonds is 1. The van der Waals surface area contributed by atoms with E-state index in [0.717, 1.165) is 39.3 Å². The minimum atomic E-state index is -0.302. The van der Waals surface area contributed by atoms with Gasteiger partial charge in [-0.05, 0) is 5.92 Å². The van der Waals surface area contributed by atoms with Crippen molar-refractivity contribution in [1.82, 2.24) is 0 Å². The van der Waals surface area contributed by atoms with Crippen molar-refractivity contribution in [3.05, 3.63) is 0 Å². The molecular weight excluding hydrogens is 180 g/mol. The van der Waals surface area contributed by atoms with Gasteiger partial charge in [-0.3, -0.25) is 0 Å². The lowest BCUT2D eigenvalue weighted by Gasteiger charge is -2.43. The van der Waals surface area contributed by atoms with E-state index >= 15 is 0 Å². The molecule has 0 aromatic rings. The molecule has 0 unspecified atom stereocenters. The summed E-state index contributed by atoms with van der Waals surface area (Å²) in [6, 6.07) is 0. The third-order valence-electron chi connectivity index (χ3n) is 3.32. The second kappa shape index (κ2) is 4.17. The maximum absolute atomic E-state index is 5.88. The molecule has 2 heterocycles. The Hall–Kier alpha value is -0.120. The molecule has 1 spiro atoms. The van der Waals surface area contributed by atoms with Gasteiger partial charge < -0.3 is 14.2 Å². The fourth-order valence-electron chi connectivity index (χ4n) is 1.96. The van der Waals surface area contributed by atoms with E-state index in [9.17, 15) is 0 Å². The summed E-state index contributed by atoms with van der Waals surface area (Å²) in [7, 11) is 0. The summed E-state index contributed by atoms with van der Waals surface area (Å²) < 4.78 is 17.1. The predicted octanol–water partition coefficient (Wildman–Crippen LogP) is 1.81. The van der Waals surface area contributed by atoms with E-state index in [0.29, 0.717) is 11.8 Å². The zero-order valence-electron chi connectivity index (χ0n) is 9.12. The summed E-state index contributed by atoms with van der Waals surface area (Å²) >= 11 is 0. The van der Waals surface area contributed by atoms with Crippen molar-refractivity contribution >= 4 is 0 Å². The van der Waals surface area contributed by atoms with Gasteiger partial charge in [-0.2, -0.15) is 0 Å². The highest BCUT2D eigenvalue weighted by molar-refractivity contribution is 4.79. The summed E-state index contributed by atoms with van der Waals surface area (Å²) in [4.78, 5) is 0. The Kier molecular flexibility index (Phi) is 3.10. The zero-order chi connectivity index (χ0) is 10.0. The van der Waals surface area contributed by atoms with Crippen LogP contribution in [-0.2, 0) is 14.2 Å². The Balaban J connectivity index is 1.87. The minimum absolute atomic E-state index is 0.302. The van der Waals surface area contributed by atoms with Gasteiger partial charge in [-0.15, -0.1) is 0 Å². The number of hydrogen-bond acceptors (Lipinski definition) is 3. The third-order valence-corrected chi connectivity index (χ3v) is 3.32. The quantitative estimate of drug-likeness (QED) is 0.646. The number of ether oxygens (including phenoxy) is 3. The average Bonchev–Trinajstić information content (AvgIpc) is 2.19. The van der Waals surface area contributed by atoms with Crippen molar-refractivity contribution < 1.29 is 14.2 Å². The molecule has 2 aliphatic heterocycles. The van der Waals surface area contributed by atoms with E-state index in [-0.39, 0.29) is 5.79 Å². The van der Waals surface area contributed by atoms with Crippen LogP contribution in [0.5, 0.6) is 0 Å². The summed E-state index contributed by atoms with van der Waals surface area (Å²) in [5.41, 5.74) is 0. The van der Waals surface area contributed by atoms with Crippen LogP contribution in [0.1, 0.15) is 26.7 Å². The summed E-state index contributed by atoms with van der Waals surface area (Å²) in [5.74, 6) is 0.902. The van der Waals surface area contributed by atoms with Crippen LogP contribution in [0.15, 0.2) is 0 Å². The molecular formula is C11H20O3. The molecule has 0 aromatic carbocycles. The van der Waals surface area contributed by atoms with Gasteiger partial charge >= 0.3 is 0 Å². The molecule has 2 saturated heterocycles. The first-order chi connectivity index (χ1) is 6.72. The summed E-state index contributed by atoms with van der Waals surface area (Å²) in [6.07, 6.45) is 1.77. The highest BCUT2D eigenvalue weighted by Crippen LogP contribution is 2.32. The van der Waals surface area contributed by atoms with Crippen molar-refractivity contribution in [3.63, 3.8) is 0 Å². The van der Waals surface area contributed by atoms with Crippen LogP contribution < -0.4 is 0 Å². The fraction of sp³-hybridized carbons (Fsp3) is 1.00. The molecule has 0 saturated carbocycles. The fourth-order valence-corrected chi connectivity index (χ4v) is 1.96. The van der Waals surface area contributed by atoms with E-state index in [2.05, 4.69) is 13.8 Å². The second-order valence-corrected chi connectivity index (χ2v) is 4.65. The molecule has 0 aliphatic carbocycles. The maximum atomic E-state index is 5.88. The molecule has 0 bridgehead atoms. The Morgan fingerprint density at radius 1 is 1.07 bits per heavy atom. The monoisotopic (exact) mass is 200 g/mol. The molecule has 3 nitrogen and oxygen atoms in total. The molecule has 14 heavy (non-hydrogen) atoms. The van der Waals surface area contributed by atoms with Gasteiger partial charge in [-0.25, -0.2) is 0 Å². The van der Waals surface area contributed by atoms with Crippen LogP contribution >= 0.6 is 0 Å². The van der Waals surface area contributed by atoms with E-state index < -0.39 is 0 Å². The number of hydrogen-bond donors (Lipinski definition) is 0. The predicted molar refractivity (Wildman–Crippen MR) is 53.0 cm³/mol.